The van der Waals surface area contributed by atoms with Crippen LogP contribution in [-0.4, -0.2) is 40.6 Å². The summed E-state index contributed by atoms with van der Waals surface area (Å²) in [4.78, 5) is 8.90. The predicted octanol–water partition coefficient (Wildman–Crippen LogP) is 3.41. The summed E-state index contributed by atoms with van der Waals surface area (Å²) in [6, 6.07) is 20.3. The minimum Gasteiger partial charge on any atom is -0.357 e. The van der Waals surface area contributed by atoms with Gasteiger partial charge < -0.3 is 4.98 Å². The average Bonchev–Trinajstić information content (AvgIpc) is 3.18. The van der Waals surface area contributed by atoms with Crippen molar-refractivity contribution in [3.8, 4) is 0 Å². The summed E-state index contributed by atoms with van der Waals surface area (Å²) in [5, 5.41) is 1.43. The Balaban J connectivity index is 1.29. The summed E-state index contributed by atoms with van der Waals surface area (Å²) in [7, 11) is 0. The van der Waals surface area contributed by atoms with E-state index in [1.165, 1.54) is 35.1 Å². The Morgan fingerprint density at radius 3 is 2.75 bits per heavy atom. The molecule has 3 heteroatoms. The van der Waals surface area contributed by atoms with E-state index in [-0.39, 0.29) is 0 Å². The predicted molar refractivity (Wildman–Crippen MR) is 97.9 cm³/mol. The maximum absolute atomic E-state index is 3.64. The third-order valence-electron chi connectivity index (χ3n) is 5.63. The highest BCUT2D eigenvalue weighted by Crippen LogP contribution is 2.32. The molecule has 3 heterocycles. The van der Waals surface area contributed by atoms with Crippen LogP contribution in [0.2, 0.25) is 0 Å². The van der Waals surface area contributed by atoms with Crippen molar-refractivity contribution in [3.05, 3.63) is 71.4 Å². The third-order valence-corrected chi connectivity index (χ3v) is 5.63. The first-order valence-electron chi connectivity index (χ1n) is 8.95. The number of para-hydroxylation sites is 1. The lowest BCUT2D eigenvalue weighted by molar-refractivity contribution is 0.202. The zero-order chi connectivity index (χ0) is 15.9. The van der Waals surface area contributed by atoms with Crippen molar-refractivity contribution >= 4 is 10.9 Å². The fraction of sp³-hybridized carbons (Fsp3) is 0.333. The SMILES string of the molecule is c1ccc(CCN2CC3Cc4c([nH]c5ccccc45)CN3C2)cc1. The molecular formula is C21H23N3. The molecule has 2 aliphatic heterocycles. The van der Waals surface area contributed by atoms with Gasteiger partial charge >= 0.3 is 0 Å². The topological polar surface area (TPSA) is 22.3 Å². The Labute approximate surface area is 142 Å². The van der Waals surface area contributed by atoms with Crippen LogP contribution >= 0.6 is 0 Å². The summed E-state index contributed by atoms with van der Waals surface area (Å²) >= 11 is 0. The van der Waals surface area contributed by atoms with E-state index in [4.69, 9.17) is 0 Å². The number of H-pyrrole nitrogens is 1. The number of benzene rings is 2. The molecule has 1 unspecified atom stereocenters. The molecule has 24 heavy (non-hydrogen) atoms. The van der Waals surface area contributed by atoms with Crippen LogP contribution in [0.4, 0.5) is 0 Å². The van der Waals surface area contributed by atoms with Gasteiger partial charge in [0.2, 0.25) is 0 Å². The Morgan fingerprint density at radius 1 is 1.00 bits per heavy atom. The number of aromatic amines is 1. The molecule has 0 amide bonds. The van der Waals surface area contributed by atoms with E-state index >= 15 is 0 Å². The first-order chi connectivity index (χ1) is 11.9. The fourth-order valence-electron chi connectivity index (χ4n) is 4.37. The van der Waals surface area contributed by atoms with Crippen LogP contribution in [0.25, 0.3) is 10.9 Å². The van der Waals surface area contributed by atoms with Crippen molar-refractivity contribution < 1.29 is 0 Å². The number of nitrogens with zero attached hydrogens (tertiary/aromatic N) is 2. The largest absolute Gasteiger partial charge is 0.357 e. The third kappa shape index (κ3) is 2.45. The Bertz CT molecular complexity index is 852. The molecule has 1 aromatic heterocycles. The van der Waals surface area contributed by atoms with Crippen LogP contribution in [-0.2, 0) is 19.4 Å². The molecule has 0 aliphatic carbocycles. The molecule has 5 rings (SSSR count). The Hall–Kier alpha value is -2.10. The van der Waals surface area contributed by atoms with Gasteiger partial charge in [0.1, 0.15) is 0 Å². The molecule has 3 nitrogen and oxygen atoms in total. The lowest BCUT2D eigenvalue weighted by atomic mass is 9.98. The quantitative estimate of drug-likeness (QED) is 0.800. The lowest BCUT2D eigenvalue weighted by Crippen LogP contribution is -2.36. The average molecular weight is 317 g/mol. The van der Waals surface area contributed by atoms with Gasteiger partial charge in [0.05, 0.1) is 6.67 Å². The summed E-state index contributed by atoms with van der Waals surface area (Å²) in [6.45, 7) is 4.53. The summed E-state index contributed by atoms with van der Waals surface area (Å²) in [5.41, 5.74) is 5.72. The van der Waals surface area contributed by atoms with E-state index < -0.39 is 0 Å². The molecule has 0 radical (unpaired) electrons. The molecule has 1 saturated heterocycles. The van der Waals surface area contributed by atoms with Crippen molar-refractivity contribution in [2.45, 2.75) is 25.4 Å². The van der Waals surface area contributed by atoms with Gasteiger partial charge in [-0.05, 0) is 30.0 Å². The standard InChI is InChI=1S/C21H23N3/c1-2-6-16(7-3-1)10-11-23-13-17-12-19-18-8-4-5-9-20(18)22-21(19)14-24(17)15-23/h1-9,17,22H,10-15H2. The van der Waals surface area contributed by atoms with E-state index in [1.807, 2.05) is 0 Å². The molecule has 0 bridgehead atoms. The van der Waals surface area contributed by atoms with E-state index in [9.17, 15) is 0 Å². The monoisotopic (exact) mass is 317 g/mol. The fourth-order valence-corrected chi connectivity index (χ4v) is 4.37. The Morgan fingerprint density at radius 2 is 1.83 bits per heavy atom. The number of hydrogen-bond acceptors (Lipinski definition) is 2. The van der Waals surface area contributed by atoms with E-state index in [2.05, 4.69) is 69.4 Å². The first-order valence-corrected chi connectivity index (χ1v) is 8.95. The maximum Gasteiger partial charge on any atom is 0.0514 e. The van der Waals surface area contributed by atoms with Crippen molar-refractivity contribution in [3.63, 3.8) is 0 Å². The molecule has 1 atom stereocenters. The second-order valence-corrected chi connectivity index (χ2v) is 7.19. The first kappa shape index (κ1) is 14.3. The second-order valence-electron chi connectivity index (χ2n) is 7.19. The van der Waals surface area contributed by atoms with Crippen LogP contribution in [0.15, 0.2) is 54.6 Å². The second kappa shape index (κ2) is 5.76. The van der Waals surface area contributed by atoms with Crippen molar-refractivity contribution in [2.75, 3.05) is 19.8 Å². The van der Waals surface area contributed by atoms with Gasteiger partial charge in [-0.2, -0.15) is 0 Å². The molecule has 2 aromatic carbocycles. The van der Waals surface area contributed by atoms with Crippen LogP contribution in [0.5, 0.6) is 0 Å². The normalized spacial score (nSPS) is 21.1. The Kier molecular flexibility index (Phi) is 3.42. The summed E-state index contributed by atoms with van der Waals surface area (Å²) in [6.07, 6.45) is 2.33. The van der Waals surface area contributed by atoms with Crippen LogP contribution in [0.1, 0.15) is 16.8 Å². The van der Waals surface area contributed by atoms with Gasteiger partial charge in [-0.3, -0.25) is 9.80 Å². The zero-order valence-corrected chi connectivity index (χ0v) is 13.9. The molecule has 3 aromatic rings. The summed E-state index contributed by atoms with van der Waals surface area (Å²) in [5.74, 6) is 0. The molecular weight excluding hydrogens is 294 g/mol. The van der Waals surface area contributed by atoms with Gasteiger partial charge in [0, 0.05) is 42.3 Å². The van der Waals surface area contributed by atoms with Crippen molar-refractivity contribution in [2.24, 2.45) is 0 Å². The van der Waals surface area contributed by atoms with E-state index in [0.29, 0.717) is 6.04 Å². The number of hydrogen-bond donors (Lipinski definition) is 1. The number of aromatic nitrogens is 1. The maximum atomic E-state index is 3.64. The van der Waals surface area contributed by atoms with Gasteiger partial charge in [-0.1, -0.05) is 48.5 Å². The van der Waals surface area contributed by atoms with Crippen LogP contribution in [0.3, 0.4) is 0 Å². The summed E-state index contributed by atoms with van der Waals surface area (Å²) < 4.78 is 0. The lowest BCUT2D eigenvalue weighted by Gasteiger charge is -2.28. The molecule has 1 fully saturated rings. The molecule has 1 N–H and O–H groups in total. The molecule has 2 aliphatic rings. The smallest absolute Gasteiger partial charge is 0.0514 e. The van der Waals surface area contributed by atoms with Gasteiger partial charge in [0.15, 0.2) is 0 Å². The minimum absolute atomic E-state index is 0.674. The van der Waals surface area contributed by atoms with Gasteiger partial charge in [0.25, 0.3) is 0 Å². The number of fused-ring (bicyclic) bond motifs is 4. The van der Waals surface area contributed by atoms with E-state index in [1.54, 1.807) is 5.56 Å². The number of rotatable bonds is 3. The number of nitrogens with one attached hydrogen (secondary N) is 1. The molecule has 0 spiro atoms. The molecule has 122 valence electrons. The minimum atomic E-state index is 0.674. The highest BCUT2D eigenvalue weighted by atomic mass is 15.4. The van der Waals surface area contributed by atoms with E-state index in [0.717, 1.165) is 26.2 Å². The van der Waals surface area contributed by atoms with Gasteiger partial charge in [-0.25, -0.2) is 0 Å². The van der Waals surface area contributed by atoms with Crippen molar-refractivity contribution in [1.29, 1.82) is 0 Å². The highest BCUT2D eigenvalue weighted by Gasteiger charge is 2.35. The van der Waals surface area contributed by atoms with Gasteiger partial charge in [-0.15, -0.1) is 0 Å². The van der Waals surface area contributed by atoms with Crippen LogP contribution in [0, 0.1) is 0 Å². The molecule has 0 saturated carbocycles. The zero-order valence-electron chi connectivity index (χ0n) is 13.9. The van der Waals surface area contributed by atoms with Crippen LogP contribution < -0.4 is 0 Å². The van der Waals surface area contributed by atoms with Crippen molar-refractivity contribution in [1.82, 2.24) is 14.8 Å². The highest BCUT2D eigenvalue weighted by molar-refractivity contribution is 5.84.